The molecule has 26 heavy (non-hydrogen) atoms. The lowest BCUT2D eigenvalue weighted by Gasteiger charge is -2.33. The molecule has 0 aliphatic carbocycles. The first kappa shape index (κ1) is 18.7. The van der Waals surface area contributed by atoms with E-state index in [-0.39, 0.29) is 0 Å². The summed E-state index contributed by atoms with van der Waals surface area (Å²) in [6, 6.07) is 19.0. The number of nitrogens with one attached hydrogen (secondary N) is 2. The minimum absolute atomic E-state index is 0.458. The van der Waals surface area contributed by atoms with E-state index >= 15 is 0 Å². The largest absolute Gasteiger partial charge is 0.354 e. The van der Waals surface area contributed by atoms with Crippen molar-refractivity contribution >= 4 is 17.6 Å². The molecule has 4 nitrogen and oxygen atoms in total. The van der Waals surface area contributed by atoms with Crippen molar-refractivity contribution in [3.63, 3.8) is 0 Å². The molecule has 0 bridgehead atoms. The van der Waals surface area contributed by atoms with Crippen molar-refractivity contribution in [2.45, 2.75) is 32.0 Å². The third kappa shape index (κ3) is 5.48. The lowest BCUT2D eigenvalue weighted by molar-refractivity contribution is 0.198. The van der Waals surface area contributed by atoms with Gasteiger partial charge in [0.05, 0.1) is 0 Å². The number of likely N-dealkylation sites (tertiary alicyclic amines) is 1. The highest BCUT2D eigenvalue weighted by Gasteiger charge is 2.20. The molecule has 0 radical (unpaired) electrons. The molecule has 5 heteroatoms. The highest BCUT2D eigenvalue weighted by atomic mass is 35.5. The van der Waals surface area contributed by atoms with Crippen LogP contribution in [0, 0.1) is 0 Å². The van der Waals surface area contributed by atoms with Gasteiger partial charge in [0.1, 0.15) is 0 Å². The maximum Gasteiger partial charge on any atom is 0.191 e. The Morgan fingerprint density at radius 1 is 1.08 bits per heavy atom. The third-order valence-corrected chi connectivity index (χ3v) is 5.17. The molecule has 0 saturated carbocycles. The van der Waals surface area contributed by atoms with Gasteiger partial charge in [-0.05, 0) is 30.0 Å². The van der Waals surface area contributed by atoms with Gasteiger partial charge in [-0.1, -0.05) is 60.1 Å². The van der Waals surface area contributed by atoms with Crippen molar-refractivity contribution in [1.82, 2.24) is 15.5 Å². The van der Waals surface area contributed by atoms with Crippen molar-refractivity contribution in [1.29, 1.82) is 0 Å². The fraction of sp³-hybridized carbons (Fsp3) is 0.381. The average molecular weight is 371 g/mol. The average Bonchev–Trinajstić information content (AvgIpc) is 2.68. The summed E-state index contributed by atoms with van der Waals surface area (Å²) in [4.78, 5) is 6.87. The van der Waals surface area contributed by atoms with E-state index in [2.05, 4.69) is 50.9 Å². The maximum atomic E-state index is 6.22. The number of halogens is 1. The normalized spacial score (nSPS) is 16.5. The van der Waals surface area contributed by atoms with Crippen LogP contribution >= 0.6 is 11.6 Å². The summed E-state index contributed by atoms with van der Waals surface area (Å²) in [6.07, 6.45) is 2.25. The van der Waals surface area contributed by atoms with Gasteiger partial charge in [0.25, 0.3) is 0 Å². The number of aliphatic imine (C=N–C) groups is 1. The minimum atomic E-state index is 0.458. The van der Waals surface area contributed by atoms with E-state index in [1.54, 1.807) is 0 Å². The zero-order valence-corrected chi connectivity index (χ0v) is 16.0. The van der Waals surface area contributed by atoms with Crippen LogP contribution < -0.4 is 10.6 Å². The molecule has 1 heterocycles. The van der Waals surface area contributed by atoms with Crippen molar-refractivity contribution in [3.8, 4) is 0 Å². The molecule has 3 rings (SSSR count). The molecule has 1 aliphatic heterocycles. The Bertz CT molecular complexity index is 709. The molecular weight excluding hydrogens is 344 g/mol. The van der Waals surface area contributed by atoms with Crippen LogP contribution in [-0.4, -0.2) is 37.0 Å². The fourth-order valence-electron chi connectivity index (χ4n) is 3.29. The third-order valence-electron chi connectivity index (χ3n) is 4.81. The number of nitrogens with zero attached hydrogens (tertiary/aromatic N) is 2. The Balaban J connectivity index is 1.43. The van der Waals surface area contributed by atoms with Gasteiger partial charge in [-0.25, -0.2) is 0 Å². The Kier molecular flexibility index (Phi) is 6.92. The first-order valence-electron chi connectivity index (χ1n) is 9.21. The number of guanidine groups is 1. The van der Waals surface area contributed by atoms with Gasteiger partial charge in [-0.2, -0.15) is 0 Å². The van der Waals surface area contributed by atoms with Crippen LogP contribution in [0.25, 0.3) is 0 Å². The molecule has 2 aromatic rings. The molecule has 0 spiro atoms. The standard InChI is InChI=1S/C21H27ClN4/c1-23-21(24-15-18-9-5-6-10-20(18)22)25-19-11-13-26(14-12-19)16-17-7-3-2-4-8-17/h2-10,19H,11-16H2,1H3,(H2,23,24,25). The van der Waals surface area contributed by atoms with Crippen molar-refractivity contribution in [3.05, 3.63) is 70.7 Å². The molecule has 0 aromatic heterocycles. The van der Waals surface area contributed by atoms with Crippen molar-refractivity contribution in [2.75, 3.05) is 20.1 Å². The summed E-state index contributed by atoms with van der Waals surface area (Å²) in [6.45, 7) is 3.92. The molecule has 138 valence electrons. The molecule has 2 N–H and O–H groups in total. The van der Waals surface area contributed by atoms with Crippen LogP contribution in [0.15, 0.2) is 59.6 Å². The second-order valence-electron chi connectivity index (χ2n) is 6.70. The lowest BCUT2D eigenvalue weighted by atomic mass is 10.0. The number of piperidine rings is 1. The smallest absolute Gasteiger partial charge is 0.191 e. The monoisotopic (exact) mass is 370 g/mol. The molecule has 0 unspecified atom stereocenters. The van der Waals surface area contributed by atoms with E-state index in [9.17, 15) is 0 Å². The van der Waals surface area contributed by atoms with Crippen molar-refractivity contribution in [2.24, 2.45) is 4.99 Å². The highest BCUT2D eigenvalue weighted by Crippen LogP contribution is 2.15. The summed E-state index contributed by atoms with van der Waals surface area (Å²) in [5, 5.41) is 7.70. The topological polar surface area (TPSA) is 39.7 Å². The highest BCUT2D eigenvalue weighted by molar-refractivity contribution is 6.31. The molecule has 1 aliphatic rings. The van der Waals surface area contributed by atoms with E-state index < -0.39 is 0 Å². The molecular formula is C21H27ClN4. The van der Waals surface area contributed by atoms with Gasteiger partial charge in [0.2, 0.25) is 0 Å². The van der Waals surface area contributed by atoms with Gasteiger partial charge in [-0.15, -0.1) is 0 Å². The number of rotatable bonds is 5. The second kappa shape index (κ2) is 9.60. The van der Waals surface area contributed by atoms with Crippen LogP contribution in [0.2, 0.25) is 5.02 Å². The molecule has 0 atom stereocenters. The zero-order chi connectivity index (χ0) is 18.2. The Morgan fingerprint density at radius 3 is 2.46 bits per heavy atom. The van der Waals surface area contributed by atoms with Gasteiger partial charge in [0.15, 0.2) is 5.96 Å². The van der Waals surface area contributed by atoms with Crippen LogP contribution in [0.3, 0.4) is 0 Å². The Hall–Kier alpha value is -2.04. The van der Waals surface area contributed by atoms with Crippen LogP contribution in [0.5, 0.6) is 0 Å². The quantitative estimate of drug-likeness (QED) is 0.623. The van der Waals surface area contributed by atoms with E-state index in [0.29, 0.717) is 12.6 Å². The fourth-order valence-corrected chi connectivity index (χ4v) is 3.49. The Labute approximate surface area is 161 Å². The zero-order valence-electron chi connectivity index (χ0n) is 15.3. The predicted octanol–water partition coefficient (Wildman–Crippen LogP) is 3.67. The summed E-state index contributed by atoms with van der Waals surface area (Å²) >= 11 is 6.22. The van der Waals surface area contributed by atoms with Gasteiger partial charge in [-0.3, -0.25) is 9.89 Å². The SMILES string of the molecule is CN=C(NCc1ccccc1Cl)NC1CCN(Cc2ccccc2)CC1. The first-order chi connectivity index (χ1) is 12.7. The summed E-state index contributed by atoms with van der Waals surface area (Å²) < 4.78 is 0. The van der Waals surface area contributed by atoms with Crippen LogP contribution in [-0.2, 0) is 13.1 Å². The number of hydrogen-bond acceptors (Lipinski definition) is 2. The van der Waals surface area contributed by atoms with Gasteiger partial charge < -0.3 is 10.6 Å². The van der Waals surface area contributed by atoms with E-state index in [4.69, 9.17) is 11.6 Å². The van der Waals surface area contributed by atoms with Gasteiger partial charge in [0, 0.05) is 44.3 Å². The van der Waals surface area contributed by atoms with E-state index in [1.807, 2.05) is 31.3 Å². The van der Waals surface area contributed by atoms with Crippen LogP contribution in [0.1, 0.15) is 24.0 Å². The first-order valence-corrected chi connectivity index (χ1v) is 9.59. The Morgan fingerprint density at radius 2 is 1.77 bits per heavy atom. The summed E-state index contributed by atoms with van der Waals surface area (Å²) in [5.74, 6) is 0.839. The molecule has 1 saturated heterocycles. The predicted molar refractivity (Wildman–Crippen MR) is 110 cm³/mol. The minimum Gasteiger partial charge on any atom is -0.354 e. The summed E-state index contributed by atoms with van der Waals surface area (Å²) in [5.41, 5.74) is 2.46. The number of hydrogen-bond donors (Lipinski definition) is 2. The second-order valence-corrected chi connectivity index (χ2v) is 7.10. The molecule has 2 aromatic carbocycles. The van der Waals surface area contributed by atoms with Crippen LogP contribution in [0.4, 0.5) is 0 Å². The summed E-state index contributed by atoms with van der Waals surface area (Å²) in [7, 11) is 1.81. The van der Waals surface area contributed by atoms with Gasteiger partial charge >= 0.3 is 0 Å². The molecule has 1 fully saturated rings. The number of benzene rings is 2. The molecule has 0 amide bonds. The van der Waals surface area contributed by atoms with Crippen molar-refractivity contribution < 1.29 is 0 Å². The maximum absolute atomic E-state index is 6.22. The van der Waals surface area contributed by atoms with E-state index in [0.717, 1.165) is 49.0 Å². The van der Waals surface area contributed by atoms with E-state index in [1.165, 1.54) is 5.56 Å². The lowest BCUT2D eigenvalue weighted by Crippen LogP contribution is -2.48.